The second kappa shape index (κ2) is 9.65. The third-order valence-electron chi connectivity index (χ3n) is 10.0. The second-order valence-electron chi connectivity index (χ2n) is 14.0. The standard InChI is InChI=1S/C31H52O2/c1-20(17-23-18-27(32)21(2)28(33)19-23)24-11-10-14-31(9)25(12-13-26(24)31)22(3)30(7,8)16-15-29(4,5)6/h17,22,25-28,32-33H,2,10-16,18-19H2,1,3-9H3/b24-20+/t22-,25?,26?,27+,28+,31+/m0/s1. The molecule has 2 unspecified atom stereocenters. The second-order valence-corrected chi connectivity index (χ2v) is 14.0. The van der Waals surface area contributed by atoms with Gasteiger partial charge in [-0.1, -0.05) is 77.8 Å². The minimum absolute atomic E-state index is 0.366. The molecular formula is C31H52O2. The van der Waals surface area contributed by atoms with Crippen molar-refractivity contribution in [1.29, 1.82) is 0 Å². The topological polar surface area (TPSA) is 40.5 Å². The quantitative estimate of drug-likeness (QED) is 0.411. The summed E-state index contributed by atoms with van der Waals surface area (Å²) in [5.41, 5.74) is 5.96. The molecule has 0 aliphatic heterocycles. The van der Waals surface area contributed by atoms with Crippen LogP contribution in [0.1, 0.15) is 113 Å². The van der Waals surface area contributed by atoms with E-state index >= 15 is 0 Å². The van der Waals surface area contributed by atoms with E-state index in [1.54, 1.807) is 5.57 Å². The van der Waals surface area contributed by atoms with Crippen LogP contribution in [0, 0.1) is 34.0 Å². The Morgan fingerprint density at radius 1 is 1.09 bits per heavy atom. The Kier molecular flexibility index (Phi) is 7.82. The van der Waals surface area contributed by atoms with Gasteiger partial charge in [-0.25, -0.2) is 0 Å². The van der Waals surface area contributed by atoms with E-state index in [0.717, 1.165) is 11.8 Å². The Hall–Kier alpha value is -0.860. The van der Waals surface area contributed by atoms with Gasteiger partial charge < -0.3 is 10.2 Å². The number of fused-ring (bicyclic) bond motifs is 1. The highest BCUT2D eigenvalue weighted by Gasteiger charge is 2.53. The minimum atomic E-state index is -0.610. The fraction of sp³-hybridized carbons (Fsp3) is 0.806. The Balaban J connectivity index is 1.81. The van der Waals surface area contributed by atoms with Gasteiger partial charge in [-0.05, 0) is 104 Å². The maximum Gasteiger partial charge on any atom is 0.0809 e. The first-order valence-electron chi connectivity index (χ1n) is 13.6. The molecule has 0 heterocycles. The normalized spacial score (nSPS) is 35.9. The van der Waals surface area contributed by atoms with Gasteiger partial charge >= 0.3 is 0 Å². The molecule has 0 aromatic rings. The van der Waals surface area contributed by atoms with Crippen LogP contribution in [-0.2, 0) is 0 Å². The zero-order valence-electron chi connectivity index (χ0n) is 22.9. The predicted octanol–water partition coefficient (Wildman–Crippen LogP) is 8.01. The number of hydrogen-bond acceptors (Lipinski definition) is 2. The lowest BCUT2D eigenvalue weighted by Gasteiger charge is -2.48. The molecule has 3 aliphatic carbocycles. The lowest BCUT2D eigenvalue weighted by atomic mass is 9.56. The van der Waals surface area contributed by atoms with Gasteiger partial charge in [-0.3, -0.25) is 0 Å². The molecule has 3 rings (SSSR count). The molecule has 0 spiro atoms. The van der Waals surface area contributed by atoms with Gasteiger partial charge in [0.25, 0.3) is 0 Å². The summed E-state index contributed by atoms with van der Waals surface area (Å²) >= 11 is 0. The minimum Gasteiger partial charge on any atom is -0.388 e. The van der Waals surface area contributed by atoms with E-state index in [9.17, 15) is 10.2 Å². The van der Waals surface area contributed by atoms with Gasteiger partial charge in [-0.2, -0.15) is 0 Å². The molecular weight excluding hydrogens is 404 g/mol. The smallest absolute Gasteiger partial charge is 0.0809 e. The van der Waals surface area contributed by atoms with E-state index in [1.165, 1.54) is 56.1 Å². The van der Waals surface area contributed by atoms with Crippen molar-refractivity contribution in [3.05, 3.63) is 34.9 Å². The largest absolute Gasteiger partial charge is 0.388 e. The Morgan fingerprint density at radius 3 is 2.27 bits per heavy atom. The van der Waals surface area contributed by atoms with Crippen LogP contribution in [0.25, 0.3) is 0 Å². The van der Waals surface area contributed by atoms with Crippen LogP contribution in [0.3, 0.4) is 0 Å². The van der Waals surface area contributed by atoms with E-state index in [-0.39, 0.29) is 0 Å². The fourth-order valence-electron chi connectivity index (χ4n) is 7.37. The van der Waals surface area contributed by atoms with Gasteiger partial charge in [0, 0.05) is 0 Å². The summed E-state index contributed by atoms with van der Waals surface area (Å²) in [7, 11) is 0. The average Bonchev–Trinajstić information content (AvgIpc) is 3.06. The molecule has 0 bridgehead atoms. The zero-order valence-corrected chi connectivity index (χ0v) is 22.9. The van der Waals surface area contributed by atoms with E-state index in [1.807, 2.05) is 0 Å². The Labute approximate surface area is 204 Å². The van der Waals surface area contributed by atoms with Crippen LogP contribution in [0.2, 0.25) is 0 Å². The van der Waals surface area contributed by atoms with Crippen LogP contribution in [0.15, 0.2) is 34.9 Å². The summed E-state index contributed by atoms with van der Waals surface area (Å²) in [4.78, 5) is 0. The number of allylic oxidation sites excluding steroid dienone is 3. The summed E-state index contributed by atoms with van der Waals surface area (Å²) in [6.45, 7) is 23.4. The fourth-order valence-corrected chi connectivity index (χ4v) is 7.37. The van der Waals surface area contributed by atoms with Crippen molar-refractivity contribution in [2.45, 2.75) is 125 Å². The van der Waals surface area contributed by atoms with Crippen LogP contribution in [0.4, 0.5) is 0 Å². The van der Waals surface area contributed by atoms with Crippen molar-refractivity contribution >= 4 is 0 Å². The van der Waals surface area contributed by atoms with Crippen molar-refractivity contribution in [3.8, 4) is 0 Å². The highest BCUT2D eigenvalue weighted by atomic mass is 16.3. The molecule has 0 radical (unpaired) electrons. The van der Waals surface area contributed by atoms with Crippen molar-refractivity contribution in [2.75, 3.05) is 0 Å². The maximum atomic E-state index is 10.3. The predicted molar refractivity (Wildman–Crippen MR) is 141 cm³/mol. The third-order valence-corrected chi connectivity index (χ3v) is 10.0. The van der Waals surface area contributed by atoms with Gasteiger partial charge in [-0.15, -0.1) is 0 Å². The zero-order chi connectivity index (χ0) is 24.8. The highest BCUT2D eigenvalue weighted by molar-refractivity contribution is 5.35. The Morgan fingerprint density at radius 2 is 1.70 bits per heavy atom. The van der Waals surface area contributed by atoms with Gasteiger partial charge in [0.05, 0.1) is 12.2 Å². The first kappa shape index (κ1) is 26.7. The summed E-state index contributed by atoms with van der Waals surface area (Å²) in [5, 5.41) is 20.6. The number of aliphatic hydroxyl groups excluding tert-OH is 2. The highest BCUT2D eigenvalue weighted by Crippen LogP contribution is 2.62. The average molecular weight is 457 g/mol. The van der Waals surface area contributed by atoms with Gasteiger partial charge in [0.15, 0.2) is 0 Å². The lowest BCUT2D eigenvalue weighted by molar-refractivity contribution is 0.0324. The molecule has 6 atom stereocenters. The van der Waals surface area contributed by atoms with E-state index in [2.05, 4.69) is 68.0 Å². The molecule has 33 heavy (non-hydrogen) atoms. The van der Waals surface area contributed by atoms with Crippen molar-refractivity contribution in [3.63, 3.8) is 0 Å². The van der Waals surface area contributed by atoms with E-state index < -0.39 is 12.2 Å². The van der Waals surface area contributed by atoms with Crippen molar-refractivity contribution in [2.24, 2.45) is 34.0 Å². The van der Waals surface area contributed by atoms with E-state index in [4.69, 9.17) is 0 Å². The third kappa shape index (κ3) is 5.69. The molecule has 2 heteroatoms. The lowest BCUT2D eigenvalue weighted by Crippen LogP contribution is -2.40. The first-order valence-corrected chi connectivity index (χ1v) is 13.6. The molecule has 2 nitrogen and oxygen atoms in total. The molecule has 0 aromatic heterocycles. The monoisotopic (exact) mass is 456 g/mol. The molecule has 0 aromatic carbocycles. The number of hydrogen-bond donors (Lipinski definition) is 2. The van der Waals surface area contributed by atoms with Gasteiger partial charge in [0.1, 0.15) is 0 Å². The summed E-state index contributed by atoms with van der Waals surface area (Å²) in [6, 6.07) is 0. The number of aliphatic hydroxyl groups is 2. The molecule has 2 N–H and O–H groups in total. The van der Waals surface area contributed by atoms with Crippen molar-refractivity contribution in [1.82, 2.24) is 0 Å². The SMILES string of the molecule is C=C1[C@H](O)CC(=C/C(C)=C2\CCC[C@@]3(C)C2CCC3[C@H](C)C(C)(C)CCC(C)(C)C)C[C@H]1O. The molecule has 3 saturated carbocycles. The first-order chi connectivity index (χ1) is 15.2. The summed E-state index contributed by atoms with van der Waals surface area (Å²) in [6.07, 6.45) is 11.4. The summed E-state index contributed by atoms with van der Waals surface area (Å²) < 4.78 is 0. The van der Waals surface area contributed by atoms with Crippen molar-refractivity contribution < 1.29 is 10.2 Å². The summed E-state index contributed by atoms with van der Waals surface area (Å²) in [5.74, 6) is 2.19. The molecule has 0 saturated heterocycles. The van der Waals surface area contributed by atoms with Crippen LogP contribution in [-0.4, -0.2) is 22.4 Å². The Bertz CT molecular complexity index is 776. The maximum absolute atomic E-state index is 10.3. The molecule has 3 aliphatic rings. The molecule has 0 amide bonds. The van der Waals surface area contributed by atoms with Crippen LogP contribution < -0.4 is 0 Å². The number of rotatable bonds is 5. The molecule has 3 fully saturated rings. The van der Waals surface area contributed by atoms with Crippen LogP contribution >= 0.6 is 0 Å². The van der Waals surface area contributed by atoms with E-state index in [0.29, 0.717) is 40.6 Å². The van der Waals surface area contributed by atoms with Crippen LogP contribution in [0.5, 0.6) is 0 Å². The van der Waals surface area contributed by atoms with Gasteiger partial charge in [0.2, 0.25) is 0 Å². The molecule has 188 valence electrons.